The van der Waals surface area contributed by atoms with Gasteiger partial charge in [-0.05, 0) is 12.8 Å². The third-order valence-electron chi connectivity index (χ3n) is 2.82. The summed E-state index contributed by atoms with van der Waals surface area (Å²) in [4.78, 5) is 4.07. The molecule has 1 aliphatic rings. The van der Waals surface area contributed by atoms with E-state index in [1.165, 1.54) is 6.42 Å². The summed E-state index contributed by atoms with van der Waals surface area (Å²) in [7, 11) is 0. The van der Waals surface area contributed by atoms with Gasteiger partial charge < -0.3 is 10.5 Å². The Balaban J connectivity index is 2.14. The first-order chi connectivity index (χ1) is 7.99. The summed E-state index contributed by atoms with van der Waals surface area (Å²) in [6.07, 6.45) is 1.37. The third-order valence-corrected chi connectivity index (χ3v) is 2.82. The minimum absolute atomic E-state index is 0.0348. The Morgan fingerprint density at radius 1 is 1.24 bits per heavy atom. The van der Waals surface area contributed by atoms with Gasteiger partial charge in [0.15, 0.2) is 0 Å². The molecule has 3 nitrogen and oxygen atoms in total. The van der Waals surface area contributed by atoms with Crippen LogP contribution < -0.4 is 5.73 Å². The van der Waals surface area contributed by atoms with Crippen molar-refractivity contribution in [1.29, 1.82) is 0 Å². The van der Waals surface area contributed by atoms with Gasteiger partial charge in [0.1, 0.15) is 6.61 Å². The number of rotatable bonds is 5. The first-order valence-electron chi connectivity index (χ1n) is 5.93. The Morgan fingerprint density at radius 2 is 1.88 bits per heavy atom. The molecule has 1 rings (SSSR count). The smallest absolute Gasteiger partial charge is 0.387 e. The van der Waals surface area contributed by atoms with Gasteiger partial charge in [0.05, 0.1) is 19.0 Å². The van der Waals surface area contributed by atoms with Crippen LogP contribution in [0.4, 0.5) is 13.2 Å². The van der Waals surface area contributed by atoms with E-state index in [4.69, 9.17) is 5.73 Å². The molecule has 2 N–H and O–H groups in total. The monoisotopic (exact) mass is 252 g/mol. The lowest BCUT2D eigenvalue weighted by molar-refractivity contribution is -0.173. The lowest BCUT2D eigenvalue weighted by atomic mass is 9.88. The normalized spacial score (nSPS) is 19.6. The zero-order chi connectivity index (χ0) is 12.7. The molecular formula is C11H19F3N2O. The van der Waals surface area contributed by atoms with E-state index in [1.807, 2.05) is 0 Å². The van der Waals surface area contributed by atoms with Crippen molar-refractivity contribution in [3.05, 3.63) is 0 Å². The quantitative estimate of drug-likeness (QED) is 0.464. The van der Waals surface area contributed by atoms with Crippen LogP contribution in [0.3, 0.4) is 0 Å². The van der Waals surface area contributed by atoms with Crippen LogP contribution in [-0.4, -0.2) is 31.8 Å². The first kappa shape index (κ1) is 14.3. The topological polar surface area (TPSA) is 47.6 Å². The van der Waals surface area contributed by atoms with Gasteiger partial charge in [-0.1, -0.05) is 19.3 Å². The van der Waals surface area contributed by atoms with Crippen LogP contribution in [0.1, 0.15) is 32.1 Å². The van der Waals surface area contributed by atoms with E-state index in [9.17, 15) is 13.2 Å². The second-order valence-corrected chi connectivity index (χ2v) is 4.31. The number of hydrogen-bond acceptors (Lipinski definition) is 2. The summed E-state index contributed by atoms with van der Waals surface area (Å²) in [5.41, 5.74) is 5.79. The van der Waals surface area contributed by atoms with Gasteiger partial charge in [0.2, 0.25) is 0 Å². The molecule has 0 heterocycles. The van der Waals surface area contributed by atoms with Crippen molar-refractivity contribution in [3.63, 3.8) is 0 Å². The maximum atomic E-state index is 11.7. The van der Waals surface area contributed by atoms with Crippen molar-refractivity contribution in [3.8, 4) is 0 Å². The van der Waals surface area contributed by atoms with Gasteiger partial charge >= 0.3 is 6.18 Å². The van der Waals surface area contributed by atoms with E-state index in [-0.39, 0.29) is 13.2 Å². The minimum Gasteiger partial charge on any atom is -0.387 e. The summed E-state index contributed by atoms with van der Waals surface area (Å²) >= 11 is 0. The molecule has 0 aromatic carbocycles. The standard InChI is InChI=1S/C11H19F3N2O/c12-11(13,14)8-17-7-6-16-10(15)9-4-2-1-3-5-9/h9H,1-8H2,(H2,15,16). The summed E-state index contributed by atoms with van der Waals surface area (Å²) in [6.45, 7) is -1.04. The zero-order valence-electron chi connectivity index (χ0n) is 9.80. The SMILES string of the molecule is NC(=NCCOCC(F)(F)F)C1CCCCC1. The number of nitrogens with two attached hydrogens (primary N) is 1. The predicted octanol–water partition coefficient (Wildman–Crippen LogP) is 2.50. The largest absolute Gasteiger partial charge is 0.411 e. The number of nitrogens with zero attached hydrogens (tertiary/aromatic N) is 1. The van der Waals surface area contributed by atoms with Crippen LogP contribution in [0.25, 0.3) is 0 Å². The molecule has 0 spiro atoms. The van der Waals surface area contributed by atoms with Gasteiger partial charge in [-0.15, -0.1) is 0 Å². The van der Waals surface area contributed by atoms with Crippen molar-refractivity contribution < 1.29 is 17.9 Å². The van der Waals surface area contributed by atoms with E-state index in [2.05, 4.69) is 9.73 Å². The van der Waals surface area contributed by atoms with Crippen LogP contribution in [-0.2, 0) is 4.74 Å². The molecule has 17 heavy (non-hydrogen) atoms. The van der Waals surface area contributed by atoms with Crippen LogP contribution in [0.5, 0.6) is 0 Å². The first-order valence-corrected chi connectivity index (χ1v) is 5.93. The number of hydrogen-bond donors (Lipinski definition) is 1. The van der Waals surface area contributed by atoms with Gasteiger partial charge in [-0.2, -0.15) is 13.2 Å². The van der Waals surface area contributed by atoms with E-state index in [1.54, 1.807) is 0 Å². The number of halogens is 3. The fraction of sp³-hybridized carbons (Fsp3) is 0.909. The Kier molecular flexibility index (Phi) is 5.74. The molecule has 0 unspecified atom stereocenters. The Morgan fingerprint density at radius 3 is 2.47 bits per heavy atom. The van der Waals surface area contributed by atoms with E-state index in [0.717, 1.165) is 25.7 Å². The lowest BCUT2D eigenvalue weighted by Gasteiger charge is -2.20. The predicted molar refractivity (Wildman–Crippen MR) is 59.9 cm³/mol. The highest BCUT2D eigenvalue weighted by atomic mass is 19.4. The summed E-state index contributed by atoms with van der Waals surface area (Å²) in [5.74, 6) is 0.881. The number of ether oxygens (including phenoxy) is 1. The molecule has 0 bridgehead atoms. The van der Waals surface area contributed by atoms with E-state index < -0.39 is 12.8 Å². The molecule has 6 heteroatoms. The van der Waals surface area contributed by atoms with Crippen LogP contribution >= 0.6 is 0 Å². The highest BCUT2D eigenvalue weighted by Gasteiger charge is 2.27. The van der Waals surface area contributed by atoms with Crippen LogP contribution in [0.2, 0.25) is 0 Å². The van der Waals surface area contributed by atoms with Crippen molar-refractivity contribution in [2.45, 2.75) is 38.3 Å². The fourth-order valence-corrected chi connectivity index (χ4v) is 1.95. The zero-order valence-corrected chi connectivity index (χ0v) is 9.80. The van der Waals surface area contributed by atoms with Gasteiger partial charge in [0, 0.05) is 5.92 Å². The molecule has 0 aromatic rings. The molecule has 1 fully saturated rings. The molecule has 0 aromatic heterocycles. The number of alkyl halides is 3. The third kappa shape index (κ3) is 6.51. The van der Waals surface area contributed by atoms with Crippen LogP contribution in [0.15, 0.2) is 4.99 Å². The molecule has 0 saturated heterocycles. The number of aliphatic imine (C=N–C) groups is 1. The molecule has 0 radical (unpaired) electrons. The summed E-state index contributed by atoms with van der Waals surface area (Å²) in [5, 5.41) is 0. The number of amidine groups is 1. The Labute approximate surface area is 99.2 Å². The Hall–Kier alpha value is -0.780. The molecular weight excluding hydrogens is 233 g/mol. The minimum atomic E-state index is -4.27. The van der Waals surface area contributed by atoms with Gasteiger partial charge in [0.25, 0.3) is 0 Å². The molecule has 100 valence electrons. The summed E-state index contributed by atoms with van der Waals surface area (Å²) in [6, 6.07) is 0. The Bertz CT molecular complexity index is 248. The van der Waals surface area contributed by atoms with Crippen LogP contribution in [0, 0.1) is 5.92 Å². The highest BCUT2D eigenvalue weighted by Crippen LogP contribution is 2.23. The average Bonchev–Trinajstić information content (AvgIpc) is 2.28. The highest BCUT2D eigenvalue weighted by molar-refractivity contribution is 5.82. The van der Waals surface area contributed by atoms with Crippen molar-refractivity contribution in [2.75, 3.05) is 19.8 Å². The molecule has 1 saturated carbocycles. The molecule has 0 atom stereocenters. The lowest BCUT2D eigenvalue weighted by Crippen LogP contribution is -2.26. The maximum absolute atomic E-state index is 11.7. The molecule has 1 aliphatic carbocycles. The van der Waals surface area contributed by atoms with E-state index >= 15 is 0 Å². The van der Waals surface area contributed by atoms with Crippen molar-refractivity contribution >= 4 is 5.84 Å². The fourth-order valence-electron chi connectivity index (χ4n) is 1.95. The van der Waals surface area contributed by atoms with Gasteiger partial charge in [-0.3, -0.25) is 4.99 Å². The summed E-state index contributed by atoms with van der Waals surface area (Å²) < 4.78 is 39.7. The second kappa shape index (κ2) is 6.83. The van der Waals surface area contributed by atoms with Crippen molar-refractivity contribution in [1.82, 2.24) is 0 Å². The second-order valence-electron chi connectivity index (χ2n) is 4.31. The van der Waals surface area contributed by atoms with Gasteiger partial charge in [-0.25, -0.2) is 0 Å². The maximum Gasteiger partial charge on any atom is 0.411 e. The van der Waals surface area contributed by atoms with E-state index in [0.29, 0.717) is 11.8 Å². The van der Waals surface area contributed by atoms with Crippen molar-refractivity contribution in [2.24, 2.45) is 16.6 Å². The molecule has 0 aliphatic heterocycles. The molecule has 0 amide bonds. The average molecular weight is 252 g/mol.